The van der Waals surface area contributed by atoms with Gasteiger partial charge in [-0.25, -0.2) is 4.98 Å². The van der Waals surface area contributed by atoms with Crippen LogP contribution in [0, 0.1) is 6.92 Å². The second-order valence-corrected chi connectivity index (χ2v) is 4.34. The number of carbonyl (C=O) groups excluding carboxylic acids is 1. The molecular formula is C12H12ClN5O. The van der Waals surface area contributed by atoms with Crippen molar-refractivity contribution in [3.8, 4) is 11.4 Å². The van der Waals surface area contributed by atoms with Crippen molar-refractivity contribution in [3.05, 3.63) is 40.7 Å². The fourth-order valence-corrected chi connectivity index (χ4v) is 1.71. The number of amides is 1. The molecule has 5 N–H and O–H groups in total. The minimum atomic E-state index is -0.575. The van der Waals surface area contributed by atoms with Crippen molar-refractivity contribution in [3.63, 3.8) is 0 Å². The summed E-state index contributed by atoms with van der Waals surface area (Å²) in [4.78, 5) is 22.4. The number of guanidine groups is 1. The van der Waals surface area contributed by atoms with E-state index in [9.17, 15) is 4.79 Å². The summed E-state index contributed by atoms with van der Waals surface area (Å²) in [5.41, 5.74) is 11.9. The molecule has 0 aliphatic heterocycles. The van der Waals surface area contributed by atoms with Crippen molar-refractivity contribution in [1.82, 2.24) is 9.97 Å². The Hall–Kier alpha value is -2.34. The molecule has 1 aromatic heterocycles. The van der Waals surface area contributed by atoms with Crippen LogP contribution in [0.3, 0.4) is 0 Å². The molecule has 0 fully saturated rings. The first-order valence-corrected chi connectivity index (χ1v) is 5.81. The number of nitrogens with one attached hydrogen (secondary N) is 1. The first-order valence-electron chi connectivity index (χ1n) is 5.44. The number of aliphatic imine (C=N–C) groups is 1. The maximum Gasteiger partial charge on any atom is 0.300 e. The molecule has 1 amide bonds. The Morgan fingerprint density at radius 2 is 1.95 bits per heavy atom. The second kappa shape index (κ2) is 5.11. The van der Waals surface area contributed by atoms with Gasteiger partial charge in [0.15, 0.2) is 11.7 Å². The van der Waals surface area contributed by atoms with E-state index in [1.54, 1.807) is 31.2 Å². The molecule has 98 valence electrons. The van der Waals surface area contributed by atoms with E-state index in [-0.39, 0.29) is 11.7 Å². The lowest BCUT2D eigenvalue weighted by molar-refractivity contribution is 0.0998. The number of aromatic nitrogens is 2. The van der Waals surface area contributed by atoms with Crippen LogP contribution in [0.5, 0.6) is 0 Å². The van der Waals surface area contributed by atoms with Crippen LogP contribution in [0.2, 0.25) is 5.02 Å². The number of imidazole rings is 1. The standard InChI is InChI=1S/C12H12ClN5O/c1-6-9(11(19)18-12(14)15)17-10(16-6)7-2-4-8(13)5-3-7/h2-5H,1H3,(H,16,17)(H4,14,15,18,19). The Kier molecular flexibility index (Phi) is 3.52. The number of rotatable bonds is 2. The number of hydrogen-bond acceptors (Lipinski definition) is 2. The molecule has 7 heteroatoms. The third kappa shape index (κ3) is 2.92. The maximum absolute atomic E-state index is 11.7. The van der Waals surface area contributed by atoms with Gasteiger partial charge in [0.2, 0.25) is 0 Å². The normalized spacial score (nSPS) is 10.2. The van der Waals surface area contributed by atoms with E-state index in [1.165, 1.54) is 0 Å². The topological polar surface area (TPSA) is 110 Å². The zero-order valence-electron chi connectivity index (χ0n) is 10.1. The largest absolute Gasteiger partial charge is 0.370 e. The van der Waals surface area contributed by atoms with Gasteiger partial charge in [0.25, 0.3) is 0 Å². The van der Waals surface area contributed by atoms with E-state index in [1.807, 2.05) is 0 Å². The molecule has 1 aromatic carbocycles. The van der Waals surface area contributed by atoms with Crippen LogP contribution in [0.1, 0.15) is 16.2 Å². The van der Waals surface area contributed by atoms with Crippen LogP contribution in [-0.4, -0.2) is 21.8 Å². The summed E-state index contributed by atoms with van der Waals surface area (Å²) < 4.78 is 0. The van der Waals surface area contributed by atoms with Gasteiger partial charge in [0.1, 0.15) is 5.82 Å². The molecule has 0 radical (unpaired) electrons. The first-order chi connectivity index (χ1) is 8.97. The van der Waals surface area contributed by atoms with E-state index in [0.717, 1.165) is 5.56 Å². The van der Waals surface area contributed by atoms with Crippen LogP contribution in [0.4, 0.5) is 0 Å². The molecule has 0 saturated carbocycles. The molecule has 2 rings (SSSR count). The molecule has 0 spiro atoms. The average molecular weight is 278 g/mol. The number of benzene rings is 1. The number of halogens is 1. The van der Waals surface area contributed by atoms with E-state index >= 15 is 0 Å². The number of aromatic amines is 1. The Morgan fingerprint density at radius 3 is 2.53 bits per heavy atom. The van der Waals surface area contributed by atoms with Crippen LogP contribution < -0.4 is 11.5 Å². The zero-order chi connectivity index (χ0) is 14.0. The van der Waals surface area contributed by atoms with Gasteiger partial charge in [-0.3, -0.25) is 4.79 Å². The van der Waals surface area contributed by atoms with Gasteiger partial charge >= 0.3 is 5.91 Å². The molecule has 1 heterocycles. The highest BCUT2D eigenvalue weighted by Gasteiger charge is 2.15. The quantitative estimate of drug-likeness (QED) is 0.570. The zero-order valence-corrected chi connectivity index (χ0v) is 10.9. The predicted octanol–water partition coefficient (Wildman–Crippen LogP) is 1.45. The van der Waals surface area contributed by atoms with Crippen LogP contribution >= 0.6 is 11.6 Å². The summed E-state index contributed by atoms with van der Waals surface area (Å²) in [6, 6.07) is 7.09. The Balaban J connectivity index is 2.38. The van der Waals surface area contributed by atoms with Crippen molar-refractivity contribution >= 4 is 23.5 Å². The smallest absolute Gasteiger partial charge is 0.300 e. The van der Waals surface area contributed by atoms with Gasteiger partial charge in [0, 0.05) is 16.3 Å². The van der Waals surface area contributed by atoms with Crippen molar-refractivity contribution in [2.45, 2.75) is 6.92 Å². The summed E-state index contributed by atoms with van der Waals surface area (Å²) in [6.07, 6.45) is 0. The lowest BCUT2D eigenvalue weighted by Crippen LogP contribution is -2.24. The van der Waals surface area contributed by atoms with Gasteiger partial charge in [-0.2, -0.15) is 4.99 Å². The lowest BCUT2D eigenvalue weighted by Gasteiger charge is -1.95. The first kappa shape index (κ1) is 13.1. The Labute approximate surface area is 114 Å². The molecule has 6 nitrogen and oxygen atoms in total. The maximum atomic E-state index is 11.7. The van der Waals surface area contributed by atoms with E-state index < -0.39 is 5.91 Å². The number of aryl methyl sites for hydroxylation is 1. The third-order valence-corrected chi connectivity index (χ3v) is 2.69. The molecule has 0 unspecified atom stereocenters. The molecule has 0 saturated heterocycles. The minimum absolute atomic E-state index is 0.193. The van der Waals surface area contributed by atoms with Crippen LogP contribution in [0.25, 0.3) is 11.4 Å². The number of nitrogens with zero attached hydrogens (tertiary/aromatic N) is 2. The molecule has 2 aromatic rings. The van der Waals surface area contributed by atoms with Gasteiger partial charge in [-0.1, -0.05) is 11.6 Å². The highest BCUT2D eigenvalue weighted by atomic mass is 35.5. The molecule has 0 aliphatic rings. The summed E-state index contributed by atoms with van der Waals surface area (Å²) in [6.45, 7) is 1.72. The molecule has 19 heavy (non-hydrogen) atoms. The molecule has 0 atom stereocenters. The van der Waals surface area contributed by atoms with Gasteiger partial charge < -0.3 is 16.5 Å². The SMILES string of the molecule is Cc1[nH]c(-c2ccc(Cl)cc2)nc1C(=O)N=C(N)N. The van der Waals surface area contributed by atoms with E-state index in [4.69, 9.17) is 23.1 Å². The van der Waals surface area contributed by atoms with Gasteiger partial charge in [-0.15, -0.1) is 0 Å². The molecular weight excluding hydrogens is 266 g/mol. The Bertz CT molecular complexity index is 641. The van der Waals surface area contributed by atoms with Gasteiger partial charge in [0.05, 0.1) is 0 Å². The van der Waals surface area contributed by atoms with Crippen molar-refractivity contribution in [1.29, 1.82) is 0 Å². The third-order valence-electron chi connectivity index (χ3n) is 2.44. The number of nitrogens with two attached hydrogens (primary N) is 2. The summed E-state index contributed by atoms with van der Waals surface area (Å²) in [7, 11) is 0. The second-order valence-electron chi connectivity index (χ2n) is 3.91. The molecule has 0 bridgehead atoms. The summed E-state index contributed by atoms with van der Waals surface area (Å²) >= 11 is 5.81. The molecule has 0 aliphatic carbocycles. The minimum Gasteiger partial charge on any atom is -0.370 e. The van der Waals surface area contributed by atoms with Crippen LogP contribution in [-0.2, 0) is 0 Å². The van der Waals surface area contributed by atoms with Crippen LogP contribution in [0.15, 0.2) is 29.3 Å². The monoisotopic (exact) mass is 277 g/mol. The highest BCUT2D eigenvalue weighted by molar-refractivity contribution is 6.30. The predicted molar refractivity (Wildman–Crippen MR) is 73.9 cm³/mol. The van der Waals surface area contributed by atoms with Crippen molar-refractivity contribution < 1.29 is 4.79 Å². The fraction of sp³-hybridized carbons (Fsp3) is 0.0833. The average Bonchev–Trinajstić information content (AvgIpc) is 2.71. The van der Waals surface area contributed by atoms with Crippen molar-refractivity contribution in [2.24, 2.45) is 16.5 Å². The van der Waals surface area contributed by atoms with Crippen molar-refractivity contribution in [2.75, 3.05) is 0 Å². The lowest BCUT2D eigenvalue weighted by atomic mass is 10.2. The Morgan fingerprint density at radius 1 is 1.32 bits per heavy atom. The summed E-state index contributed by atoms with van der Waals surface area (Å²) in [5.74, 6) is -0.308. The summed E-state index contributed by atoms with van der Waals surface area (Å²) in [5, 5.41) is 0.629. The van der Waals surface area contributed by atoms with E-state index in [0.29, 0.717) is 16.5 Å². The fourth-order valence-electron chi connectivity index (χ4n) is 1.58. The number of carbonyl (C=O) groups is 1. The number of hydrogen-bond donors (Lipinski definition) is 3. The number of H-pyrrole nitrogens is 1. The van der Waals surface area contributed by atoms with E-state index in [2.05, 4.69) is 15.0 Å². The van der Waals surface area contributed by atoms with Gasteiger partial charge in [-0.05, 0) is 31.2 Å². The highest BCUT2D eigenvalue weighted by Crippen LogP contribution is 2.20.